The molecule has 104 valence electrons. The van der Waals surface area contributed by atoms with Gasteiger partial charge in [-0.15, -0.1) is 0 Å². The minimum Gasteiger partial charge on any atom is -0.351 e. The second kappa shape index (κ2) is 6.89. The summed E-state index contributed by atoms with van der Waals surface area (Å²) in [7, 11) is 2.11. The van der Waals surface area contributed by atoms with E-state index in [0.717, 1.165) is 31.7 Å². The first-order chi connectivity index (χ1) is 9.13. The van der Waals surface area contributed by atoms with E-state index in [4.69, 9.17) is 11.6 Å². The first kappa shape index (κ1) is 14.3. The summed E-state index contributed by atoms with van der Waals surface area (Å²) in [5.74, 6) is 0.0736. The largest absolute Gasteiger partial charge is 0.351 e. The molecule has 1 N–H and O–H groups in total. The van der Waals surface area contributed by atoms with Gasteiger partial charge in [0.05, 0.1) is 6.54 Å². The van der Waals surface area contributed by atoms with E-state index in [0.29, 0.717) is 18.1 Å². The maximum atomic E-state index is 11.9. The van der Waals surface area contributed by atoms with Gasteiger partial charge < -0.3 is 10.2 Å². The van der Waals surface area contributed by atoms with Crippen LogP contribution in [-0.2, 0) is 11.3 Å². The molecule has 1 aromatic carbocycles. The Kier molecular flexibility index (Phi) is 5.19. The van der Waals surface area contributed by atoms with Gasteiger partial charge in [-0.25, -0.2) is 0 Å². The van der Waals surface area contributed by atoms with Gasteiger partial charge in [-0.1, -0.05) is 23.7 Å². The Labute approximate surface area is 119 Å². The van der Waals surface area contributed by atoms with Crippen LogP contribution in [0.1, 0.15) is 5.56 Å². The van der Waals surface area contributed by atoms with E-state index in [9.17, 15) is 4.79 Å². The molecule has 1 fully saturated rings. The zero-order chi connectivity index (χ0) is 13.7. The van der Waals surface area contributed by atoms with Crippen molar-refractivity contribution in [2.45, 2.75) is 6.54 Å². The molecule has 1 aliphatic heterocycles. The number of carbonyl (C=O) groups is 1. The van der Waals surface area contributed by atoms with E-state index in [1.165, 1.54) is 0 Å². The van der Waals surface area contributed by atoms with Crippen LogP contribution in [-0.4, -0.2) is 55.5 Å². The van der Waals surface area contributed by atoms with Crippen molar-refractivity contribution in [3.05, 3.63) is 34.9 Å². The number of nitrogens with one attached hydrogen (secondary N) is 1. The Bertz CT molecular complexity index is 430. The quantitative estimate of drug-likeness (QED) is 0.901. The molecule has 19 heavy (non-hydrogen) atoms. The topological polar surface area (TPSA) is 35.6 Å². The minimum absolute atomic E-state index is 0.0736. The highest BCUT2D eigenvalue weighted by atomic mass is 35.5. The van der Waals surface area contributed by atoms with Crippen LogP contribution in [0.25, 0.3) is 0 Å². The molecule has 0 bridgehead atoms. The van der Waals surface area contributed by atoms with Crippen LogP contribution < -0.4 is 5.32 Å². The van der Waals surface area contributed by atoms with E-state index >= 15 is 0 Å². The summed E-state index contributed by atoms with van der Waals surface area (Å²) in [5.41, 5.74) is 1.03. The lowest BCUT2D eigenvalue weighted by Gasteiger charge is -2.31. The molecule has 0 unspecified atom stereocenters. The van der Waals surface area contributed by atoms with Gasteiger partial charge in [0.2, 0.25) is 5.91 Å². The molecule has 0 spiro atoms. The summed E-state index contributed by atoms with van der Waals surface area (Å²) in [5, 5.41) is 3.63. The Morgan fingerprint density at radius 3 is 2.74 bits per heavy atom. The van der Waals surface area contributed by atoms with Gasteiger partial charge in [0.1, 0.15) is 0 Å². The Morgan fingerprint density at radius 2 is 2.05 bits per heavy atom. The van der Waals surface area contributed by atoms with Crippen LogP contribution in [0.4, 0.5) is 0 Å². The number of halogens is 1. The van der Waals surface area contributed by atoms with E-state index in [-0.39, 0.29) is 5.91 Å². The molecule has 0 atom stereocenters. The van der Waals surface area contributed by atoms with Crippen molar-refractivity contribution in [1.29, 1.82) is 0 Å². The Balaban J connectivity index is 1.73. The fourth-order valence-corrected chi connectivity index (χ4v) is 2.33. The third-order valence-electron chi connectivity index (χ3n) is 3.34. The molecule has 1 heterocycles. The highest BCUT2D eigenvalue weighted by Crippen LogP contribution is 2.10. The van der Waals surface area contributed by atoms with Crippen molar-refractivity contribution in [1.82, 2.24) is 15.1 Å². The van der Waals surface area contributed by atoms with Gasteiger partial charge in [0, 0.05) is 37.7 Å². The highest BCUT2D eigenvalue weighted by molar-refractivity contribution is 6.30. The standard InChI is InChI=1S/C14H20ClN3O/c1-17-5-7-18(8-6-17)11-14(19)16-10-12-3-2-4-13(15)9-12/h2-4,9H,5-8,10-11H2,1H3,(H,16,19). The number of hydrogen-bond donors (Lipinski definition) is 1. The number of carbonyl (C=O) groups excluding carboxylic acids is 1. The summed E-state index contributed by atoms with van der Waals surface area (Å²) < 4.78 is 0. The van der Waals surface area contributed by atoms with Crippen LogP contribution >= 0.6 is 11.6 Å². The molecular formula is C14H20ClN3O. The maximum absolute atomic E-state index is 11.9. The molecule has 1 aromatic rings. The number of nitrogens with zero attached hydrogens (tertiary/aromatic N) is 2. The number of piperazine rings is 1. The number of rotatable bonds is 4. The van der Waals surface area contributed by atoms with Crippen molar-refractivity contribution >= 4 is 17.5 Å². The zero-order valence-corrected chi connectivity index (χ0v) is 12.0. The molecule has 1 aliphatic rings. The van der Waals surface area contributed by atoms with E-state index in [1.54, 1.807) is 0 Å². The predicted molar refractivity (Wildman–Crippen MR) is 77.2 cm³/mol. The average Bonchev–Trinajstić information content (AvgIpc) is 2.39. The second-order valence-corrected chi connectivity index (χ2v) is 5.42. The van der Waals surface area contributed by atoms with Crippen LogP contribution in [0.2, 0.25) is 5.02 Å². The molecule has 0 aliphatic carbocycles. The second-order valence-electron chi connectivity index (χ2n) is 4.99. The van der Waals surface area contributed by atoms with E-state index < -0.39 is 0 Å². The maximum Gasteiger partial charge on any atom is 0.234 e. The molecule has 1 amide bonds. The fourth-order valence-electron chi connectivity index (χ4n) is 2.11. The Hall–Kier alpha value is -1.10. The zero-order valence-electron chi connectivity index (χ0n) is 11.2. The molecule has 4 nitrogen and oxygen atoms in total. The lowest BCUT2D eigenvalue weighted by Crippen LogP contribution is -2.48. The molecular weight excluding hydrogens is 262 g/mol. The summed E-state index contributed by atoms with van der Waals surface area (Å²) in [6.45, 7) is 4.99. The third kappa shape index (κ3) is 4.82. The van der Waals surface area contributed by atoms with Crippen molar-refractivity contribution in [3.8, 4) is 0 Å². The lowest BCUT2D eigenvalue weighted by molar-refractivity contribution is -0.122. The minimum atomic E-state index is 0.0736. The van der Waals surface area contributed by atoms with Crippen molar-refractivity contribution in [3.63, 3.8) is 0 Å². The first-order valence-electron chi connectivity index (χ1n) is 6.55. The molecule has 1 saturated heterocycles. The predicted octanol–water partition coefficient (Wildman–Crippen LogP) is 1.20. The summed E-state index contributed by atoms with van der Waals surface area (Å²) in [6.07, 6.45) is 0. The lowest BCUT2D eigenvalue weighted by atomic mass is 10.2. The van der Waals surface area contributed by atoms with Gasteiger partial charge >= 0.3 is 0 Å². The molecule has 0 saturated carbocycles. The smallest absolute Gasteiger partial charge is 0.234 e. The van der Waals surface area contributed by atoms with Gasteiger partial charge in [0.25, 0.3) is 0 Å². The van der Waals surface area contributed by atoms with Crippen molar-refractivity contribution < 1.29 is 4.79 Å². The number of amides is 1. The summed E-state index contributed by atoms with van der Waals surface area (Å²) in [4.78, 5) is 16.3. The molecule has 5 heteroatoms. The third-order valence-corrected chi connectivity index (χ3v) is 3.58. The highest BCUT2D eigenvalue weighted by Gasteiger charge is 2.16. The monoisotopic (exact) mass is 281 g/mol. The number of benzene rings is 1. The van der Waals surface area contributed by atoms with Crippen LogP contribution in [0.5, 0.6) is 0 Å². The van der Waals surface area contributed by atoms with Crippen LogP contribution in [0.3, 0.4) is 0 Å². The van der Waals surface area contributed by atoms with E-state index in [2.05, 4.69) is 22.2 Å². The normalized spacial score (nSPS) is 17.4. The summed E-state index contributed by atoms with van der Waals surface area (Å²) in [6, 6.07) is 7.56. The molecule has 0 radical (unpaired) electrons. The average molecular weight is 282 g/mol. The van der Waals surface area contributed by atoms with Gasteiger partial charge in [-0.2, -0.15) is 0 Å². The van der Waals surface area contributed by atoms with E-state index in [1.807, 2.05) is 24.3 Å². The fraction of sp³-hybridized carbons (Fsp3) is 0.500. The molecule has 2 rings (SSSR count). The summed E-state index contributed by atoms with van der Waals surface area (Å²) >= 11 is 5.90. The van der Waals surface area contributed by atoms with Gasteiger partial charge in [0.15, 0.2) is 0 Å². The SMILES string of the molecule is CN1CCN(CC(=O)NCc2cccc(Cl)c2)CC1. The van der Waals surface area contributed by atoms with Gasteiger partial charge in [-0.05, 0) is 24.7 Å². The van der Waals surface area contributed by atoms with Crippen LogP contribution in [0, 0.1) is 0 Å². The van der Waals surface area contributed by atoms with Crippen molar-refractivity contribution in [2.24, 2.45) is 0 Å². The first-order valence-corrected chi connectivity index (χ1v) is 6.93. The van der Waals surface area contributed by atoms with Crippen molar-refractivity contribution in [2.75, 3.05) is 39.8 Å². The number of hydrogen-bond acceptors (Lipinski definition) is 3. The van der Waals surface area contributed by atoms with Gasteiger partial charge in [-0.3, -0.25) is 9.69 Å². The van der Waals surface area contributed by atoms with Crippen LogP contribution in [0.15, 0.2) is 24.3 Å². The Morgan fingerprint density at radius 1 is 1.32 bits per heavy atom. The number of likely N-dealkylation sites (N-methyl/N-ethyl adjacent to an activating group) is 1. The molecule has 0 aromatic heterocycles.